The van der Waals surface area contributed by atoms with E-state index in [-0.39, 0.29) is 11.9 Å². The molecule has 2 heterocycles. The summed E-state index contributed by atoms with van der Waals surface area (Å²) in [6.07, 6.45) is 1.62. The van der Waals surface area contributed by atoms with Crippen LogP contribution in [0.2, 0.25) is 0 Å². The molecule has 1 fully saturated rings. The van der Waals surface area contributed by atoms with E-state index in [1.165, 1.54) is 0 Å². The lowest BCUT2D eigenvalue weighted by molar-refractivity contribution is -0.123. The summed E-state index contributed by atoms with van der Waals surface area (Å²) in [7, 11) is 1.86. The van der Waals surface area contributed by atoms with Crippen LogP contribution < -0.4 is 5.32 Å². The van der Waals surface area contributed by atoms with Crippen LogP contribution in [0.25, 0.3) is 0 Å². The number of morpholine rings is 1. The number of nitrogens with zero attached hydrogens (tertiary/aromatic N) is 4. The van der Waals surface area contributed by atoms with E-state index in [2.05, 4.69) is 20.4 Å². The predicted molar refractivity (Wildman–Crippen MR) is 64.8 cm³/mol. The Morgan fingerprint density at radius 1 is 1.56 bits per heavy atom. The first-order valence-electron chi connectivity index (χ1n) is 6.10. The smallest absolute Gasteiger partial charge is 0.234 e. The quantitative estimate of drug-likeness (QED) is 0.770. The monoisotopic (exact) mass is 253 g/mol. The number of amides is 1. The van der Waals surface area contributed by atoms with Gasteiger partial charge in [0.15, 0.2) is 5.82 Å². The maximum atomic E-state index is 11.9. The Morgan fingerprint density at radius 3 is 2.89 bits per heavy atom. The molecule has 1 amide bonds. The van der Waals surface area contributed by atoms with Gasteiger partial charge < -0.3 is 14.6 Å². The molecular weight excluding hydrogens is 234 g/mol. The van der Waals surface area contributed by atoms with Crippen LogP contribution in [0.3, 0.4) is 0 Å². The molecule has 0 spiro atoms. The van der Waals surface area contributed by atoms with E-state index in [0.717, 1.165) is 18.9 Å². The van der Waals surface area contributed by atoms with Crippen molar-refractivity contribution in [3.63, 3.8) is 0 Å². The van der Waals surface area contributed by atoms with Gasteiger partial charge in [-0.25, -0.2) is 0 Å². The van der Waals surface area contributed by atoms with Crippen LogP contribution in [0.15, 0.2) is 6.33 Å². The van der Waals surface area contributed by atoms with Crippen LogP contribution in [-0.2, 0) is 16.6 Å². The molecule has 0 bridgehead atoms. The number of carbonyl (C=O) groups is 1. The van der Waals surface area contributed by atoms with Gasteiger partial charge in [-0.3, -0.25) is 9.69 Å². The fourth-order valence-electron chi connectivity index (χ4n) is 2.00. The molecule has 0 aliphatic carbocycles. The van der Waals surface area contributed by atoms with Crippen molar-refractivity contribution in [3.8, 4) is 0 Å². The normalized spacial score (nSPS) is 18.6. The molecule has 1 aliphatic heterocycles. The van der Waals surface area contributed by atoms with Gasteiger partial charge in [0.1, 0.15) is 6.33 Å². The molecule has 1 saturated heterocycles. The van der Waals surface area contributed by atoms with Crippen LogP contribution in [0, 0.1) is 0 Å². The van der Waals surface area contributed by atoms with Crippen molar-refractivity contribution in [2.24, 2.45) is 7.05 Å². The van der Waals surface area contributed by atoms with Crippen molar-refractivity contribution in [2.75, 3.05) is 32.8 Å². The third-order valence-corrected chi connectivity index (χ3v) is 2.98. The zero-order valence-corrected chi connectivity index (χ0v) is 10.8. The molecule has 0 unspecified atom stereocenters. The molecule has 1 aromatic heterocycles. The second-order valence-corrected chi connectivity index (χ2v) is 4.48. The van der Waals surface area contributed by atoms with Gasteiger partial charge in [-0.15, -0.1) is 10.2 Å². The molecular formula is C11H19N5O2. The molecule has 1 aliphatic rings. The largest absolute Gasteiger partial charge is 0.379 e. The van der Waals surface area contributed by atoms with Crippen molar-refractivity contribution in [1.29, 1.82) is 0 Å². The number of hydrogen-bond donors (Lipinski definition) is 1. The highest BCUT2D eigenvalue weighted by Crippen LogP contribution is 2.07. The second-order valence-electron chi connectivity index (χ2n) is 4.48. The summed E-state index contributed by atoms with van der Waals surface area (Å²) in [5, 5.41) is 10.7. The minimum atomic E-state index is -0.133. The summed E-state index contributed by atoms with van der Waals surface area (Å²) in [5.74, 6) is 0.762. The Labute approximate surface area is 106 Å². The third-order valence-electron chi connectivity index (χ3n) is 2.98. The molecule has 0 radical (unpaired) electrons. The molecule has 18 heavy (non-hydrogen) atoms. The zero-order valence-electron chi connectivity index (χ0n) is 10.8. The van der Waals surface area contributed by atoms with Gasteiger partial charge >= 0.3 is 0 Å². The summed E-state index contributed by atoms with van der Waals surface area (Å²) in [5.41, 5.74) is 0. The van der Waals surface area contributed by atoms with Crippen LogP contribution in [0.4, 0.5) is 0 Å². The molecule has 2 rings (SSSR count). The maximum Gasteiger partial charge on any atom is 0.234 e. The third kappa shape index (κ3) is 3.27. The van der Waals surface area contributed by atoms with E-state index in [0.29, 0.717) is 19.8 Å². The van der Waals surface area contributed by atoms with Crippen molar-refractivity contribution in [1.82, 2.24) is 25.0 Å². The molecule has 1 atom stereocenters. The van der Waals surface area contributed by atoms with E-state index in [1.54, 1.807) is 10.9 Å². The van der Waals surface area contributed by atoms with E-state index < -0.39 is 0 Å². The van der Waals surface area contributed by atoms with Gasteiger partial charge in [-0.05, 0) is 6.92 Å². The second kappa shape index (κ2) is 5.92. The number of rotatable bonds is 4. The van der Waals surface area contributed by atoms with Crippen molar-refractivity contribution in [2.45, 2.75) is 13.0 Å². The van der Waals surface area contributed by atoms with Crippen molar-refractivity contribution < 1.29 is 9.53 Å². The standard InChI is InChI=1S/C11H19N5O2/c1-9(11-14-12-8-15(11)2)13-10(17)7-16-3-5-18-6-4-16/h8-9H,3-7H2,1-2H3,(H,13,17)/t9-/m0/s1. The Bertz CT molecular complexity index is 400. The predicted octanol–water partition coefficient (Wildman–Crippen LogP) is -0.675. The molecule has 7 heteroatoms. The van der Waals surface area contributed by atoms with E-state index >= 15 is 0 Å². The SMILES string of the molecule is C[C@H](NC(=O)CN1CCOCC1)c1nncn1C. The lowest BCUT2D eigenvalue weighted by Crippen LogP contribution is -2.43. The topological polar surface area (TPSA) is 72.3 Å². The molecule has 7 nitrogen and oxygen atoms in total. The van der Waals surface area contributed by atoms with Gasteiger partial charge in [0, 0.05) is 20.1 Å². The number of aryl methyl sites for hydroxylation is 1. The van der Waals surface area contributed by atoms with Crippen molar-refractivity contribution >= 4 is 5.91 Å². The van der Waals surface area contributed by atoms with E-state index in [9.17, 15) is 4.79 Å². The van der Waals surface area contributed by atoms with Crippen molar-refractivity contribution in [3.05, 3.63) is 12.2 Å². The number of ether oxygens (including phenoxy) is 1. The van der Waals surface area contributed by atoms with Crippen LogP contribution in [-0.4, -0.2) is 58.4 Å². The molecule has 100 valence electrons. The average molecular weight is 253 g/mol. The first-order valence-corrected chi connectivity index (χ1v) is 6.10. The Hall–Kier alpha value is -1.47. The molecule has 0 saturated carbocycles. The summed E-state index contributed by atoms with van der Waals surface area (Å²) in [6.45, 7) is 5.34. The van der Waals surface area contributed by atoms with E-state index in [4.69, 9.17) is 4.74 Å². The Balaban J connectivity index is 1.81. The molecule has 1 aromatic rings. The summed E-state index contributed by atoms with van der Waals surface area (Å²) >= 11 is 0. The number of hydrogen-bond acceptors (Lipinski definition) is 5. The van der Waals surface area contributed by atoms with Gasteiger partial charge in [0.25, 0.3) is 0 Å². The average Bonchev–Trinajstić information content (AvgIpc) is 2.76. The zero-order chi connectivity index (χ0) is 13.0. The molecule has 0 aromatic carbocycles. The minimum Gasteiger partial charge on any atom is -0.379 e. The first-order chi connectivity index (χ1) is 8.66. The number of aromatic nitrogens is 3. The minimum absolute atomic E-state index is 0.00685. The van der Waals surface area contributed by atoms with Crippen LogP contribution in [0.1, 0.15) is 18.8 Å². The maximum absolute atomic E-state index is 11.9. The number of carbonyl (C=O) groups excluding carboxylic acids is 1. The number of nitrogens with one attached hydrogen (secondary N) is 1. The van der Waals surface area contributed by atoms with Gasteiger partial charge in [0.05, 0.1) is 25.8 Å². The fraction of sp³-hybridized carbons (Fsp3) is 0.727. The highest BCUT2D eigenvalue weighted by molar-refractivity contribution is 5.78. The van der Waals surface area contributed by atoms with Gasteiger partial charge in [-0.1, -0.05) is 0 Å². The Kier molecular flexibility index (Phi) is 4.27. The molecule has 1 N–H and O–H groups in total. The lowest BCUT2D eigenvalue weighted by Gasteiger charge is -2.26. The van der Waals surface area contributed by atoms with Gasteiger partial charge in [-0.2, -0.15) is 0 Å². The Morgan fingerprint density at radius 2 is 2.28 bits per heavy atom. The summed E-state index contributed by atoms with van der Waals surface area (Å²) in [4.78, 5) is 14.0. The van der Waals surface area contributed by atoms with Gasteiger partial charge in [0.2, 0.25) is 5.91 Å². The lowest BCUT2D eigenvalue weighted by atomic mass is 10.3. The fourth-order valence-corrected chi connectivity index (χ4v) is 2.00. The van der Waals surface area contributed by atoms with Crippen LogP contribution in [0.5, 0.6) is 0 Å². The highest BCUT2D eigenvalue weighted by atomic mass is 16.5. The first kappa shape index (κ1) is 13.0. The summed E-state index contributed by atoms with van der Waals surface area (Å²) in [6, 6.07) is -0.133. The van der Waals surface area contributed by atoms with E-state index in [1.807, 2.05) is 14.0 Å². The highest BCUT2D eigenvalue weighted by Gasteiger charge is 2.17. The van der Waals surface area contributed by atoms with Crippen LogP contribution >= 0.6 is 0 Å². The summed E-state index contributed by atoms with van der Waals surface area (Å²) < 4.78 is 7.05.